The average Bonchev–Trinajstić information content (AvgIpc) is 3.02. The monoisotopic (exact) mass is 348 g/mol. The number of amides is 3. The van der Waals surface area contributed by atoms with Crippen molar-refractivity contribution in [2.75, 3.05) is 12.8 Å². The van der Waals surface area contributed by atoms with E-state index in [1.54, 1.807) is 0 Å². The molecule has 1 heterocycles. The van der Waals surface area contributed by atoms with Gasteiger partial charge >= 0.3 is 6.03 Å². The van der Waals surface area contributed by atoms with Gasteiger partial charge in [0.2, 0.25) is 11.8 Å². The maximum atomic E-state index is 11.5. The first-order valence-corrected chi connectivity index (χ1v) is 8.58. The molecule has 2 aromatic rings. The number of carbonyl (C=O) groups excluding carboxylic acids is 2. The summed E-state index contributed by atoms with van der Waals surface area (Å²) < 4.78 is 5.59. The first-order chi connectivity index (χ1) is 11.6. The molecule has 7 nitrogen and oxygen atoms in total. The number of hydrogen-bond donors (Lipinski definition) is 2. The fourth-order valence-electron chi connectivity index (χ4n) is 2.02. The molecule has 0 saturated heterocycles. The highest BCUT2D eigenvalue weighted by molar-refractivity contribution is 7.99. The summed E-state index contributed by atoms with van der Waals surface area (Å²) in [5.41, 5.74) is 1.22. The number of nitrogens with one attached hydrogen (secondary N) is 2. The van der Waals surface area contributed by atoms with Crippen molar-refractivity contribution >= 4 is 23.7 Å². The molecule has 3 amide bonds. The van der Waals surface area contributed by atoms with Gasteiger partial charge in [0.15, 0.2) is 0 Å². The van der Waals surface area contributed by atoms with Gasteiger partial charge in [-0.3, -0.25) is 10.1 Å². The fourth-order valence-corrected chi connectivity index (χ4v) is 2.74. The predicted octanol–water partition coefficient (Wildman–Crippen LogP) is 2.35. The van der Waals surface area contributed by atoms with Crippen molar-refractivity contribution < 1.29 is 14.0 Å². The van der Waals surface area contributed by atoms with E-state index >= 15 is 0 Å². The first-order valence-electron chi connectivity index (χ1n) is 7.60. The second-order valence-electron chi connectivity index (χ2n) is 5.20. The predicted molar refractivity (Wildman–Crippen MR) is 90.8 cm³/mol. The Morgan fingerprint density at radius 1 is 1.25 bits per heavy atom. The summed E-state index contributed by atoms with van der Waals surface area (Å²) in [6, 6.07) is 9.62. The summed E-state index contributed by atoms with van der Waals surface area (Å²) in [5.74, 6) is 0.962. The van der Waals surface area contributed by atoms with E-state index in [0.29, 0.717) is 23.3 Å². The number of hydrogen-bond acceptors (Lipinski definition) is 6. The standard InChI is InChI=1S/C16H20N4O3S/c1-11(12-6-4-3-5-7-12)10-14-19-20-16(23-14)24-9-8-13(21)18-15(22)17-2/h3-7,11H,8-10H2,1-2H3,(H2,17,18,21,22)/t11-/m0/s1. The van der Waals surface area contributed by atoms with Crippen molar-refractivity contribution in [1.29, 1.82) is 0 Å². The molecule has 128 valence electrons. The number of nitrogens with zero attached hydrogens (tertiary/aromatic N) is 2. The van der Waals surface area contributed by atoms with E-state index in [1.807, 2.05) is 18.2 Å². The summed E-state index contributed by atoms with van der Waals surface area (Å²) in [7, 11) is 1.45. The summed E-state index contributed by atoms with van der Waals surface area (Å²) in [6.07, 6.45) is 0.852. The molecule has 8 heteroatoms. The third-order valence-corrected chi connectivity index (χ3v) is 4.15. The normalized spacial score (nSPS) is 11.8. The van der Waals surface area contributed by atoms with Crippen LogP contribution in [0.1, 0.15) is 30.7 Å². The molecule has 0 aliphatic rings. The fraction of sp³-hybridized carbons (Fsp3) is 0.375. The van der Waals surface area contributed by atoms with Crippen molar-refractivity contribution in [3.05, 3.63) is 41.8 Å². The van der Waals surface area contributed by atoms with Crippen LogP contribution in [0.3, 0.4) is 0 Å². The van der Waals surface area contributed by atoms with Gasteiger partial charge in [0.25, 0.3) is 5.22 Å². The van der Waals surface area contributed by atoms with Crippen LogP contribution in [0.2, 0.25) is 0 Å². The van der Waals surface area contributed by atoms with Crippen LogP contribution >= 0.6 is 11.8 Å². The van der Waals surface area contributed by atoms with Crippen molar-refractivity contribution in [1.82, 2.24) is 20.8 Å². The summed E-state index contributed by atoms with van der Waals surface area (Å²) in [5, 5.41) is 13.0. The molecule has 24 heavy (non-hydrogen) atoms. The van der Waals surface area contributed by atoms with Crippen LogP contribution in [-0.4, -0.2) is 34.9 Å². The maximum absolute atomic E-state index is 11.5. The molecular weight excluding hydrogens is 328 g/mol. The van der Waals surface area contributed by atoms with E-state index in [4.69, 9.17) is 4.42 Å². The van der Waals surface area contributed by atoms with Gasteiger partial charge in [0, 0.05) is 25.6 Å². The number of rotatable bonds is 7. The average molecular weight is 348 g/mol. The van der Waals surface area contributed by atoms with Gasteiger partial charge in [-0.25, -0.2) is 4.79 Å². The Morgan fingerprint density at radius 2 is 2.00 bits per heavy atom. The van der Waals surface area contributed by atoms with Gasteiger partial charge in [-0.15, -0.1) is 10.2 Å². The lowest BCUT2D eigenvalue weighted by Gasteiger charge is -2.08. The molecule has 0 saturated carbocycles. The zero-order chi connectivity index (χ0) is 17.4. The third kappa shape index (κ3) is 5.69. The van der Waals surface area contributed by atoms with Gasteiger partial charge in [0.05, 0.1) is 0 Å². The maximum Gasteiger partial charge on any atom is 0.321 e. The number of thioether (sulfide) groups is 1. The van der Waals surface area contributed by atoms with E-state index in [2.05, 4.69) is 39.9 Å². The third-order valence-electron chi connectivity index (χ3n) is 3.33. The Morgan fingerprint density at radius 3 is 2.71 bits per heavy atom. The lowest BCUT2D eigenvalue weighted by atomic mass is 9.98. The molecule has 0 unspecified atom stereocenters. The van der Waals surface area contributed by atoms with Crippen LogP contribution in [0, 0.1) is 0 Å². The van der Waals surface area contributed by atoms with E-state index in [9.17, 15) is 9.59 Å². The SMILES string of the molecule is CNC(=O)NC(=O)CCSc1nnc(C[C@H](C)c2ccccc2)o1. The van der Waals surface area contributed by atoms with Gasteiger partial charge in [-0.1, -0.05) is 49.0 Å². The van der Waals surface area contributed by atoms with E-state index in [1.165, 1.54) is 24.4 Å². The molecule has 0 aliphatic heterocycles. The number of benzene rings is 1. The van der Waals surface area contributed by atoms with Crippen LogP contribution in [0.5, 0.6) is 0 Å². The molecule has 0 radical (unpaired) electrons. The Bertz CT molecular complexity index is 675. The molecule has 2 N–H and O–H groups in total. The van der Waals surface area contributed by atoms with Crippen molar-refractivity contribution in [2.45, 2.75) is 30.9 Å². The van der Waals surface area contributed by atoms with Gasteiger partial charge in [-0.05, 0) is 11.5 Å². The minimum atomic E-state index is -0.514. The molecule has 1 atom stereocenters. The molecule has 1 aromatic carbocycles. The number of imide groups is 1. The largest absolute Gasteiger partial charge is 0.416 e. The summed E-state index contributed by atoms with van der Waals surface area (Å²) in [6.45, 7) is 2.11. The highest BCUT2D eigenvalue weighted by atomic mass is 32.2. The molecule has 2 rings (SSSR count). The Balaban J connectivity index is 1.77. The van der Waals surface area contributed by atoms with E-state index in [-0.39, 0.29) is 18.2 Å². The van der Waals surface area contributed by atoms with Crippen molar-refractivity contribution in [3.8, 4) is 0 Å². The highest BCUT2D eigenvalue weighted by Gasteiger charge is 2.13. The molecule has 0 bridgehead atoms. The van der Waals surface area contributed by atoms with Crippen LogP contribution in [0.25, 0.3) is 0 Å². The lowest BCUT2D eigenvalue weighted by Crippen LogP contribution is -2.37. The Labute approximate surface area is 144 Å². The smallest absolute Gasteiger partial charge is 0.321 e. The molecule has 1 aromatic heterocycles. The van der Waals surface area contributed by atoms with E-state index < -0.39 is 6.03 Å². The Hall–Kier alpha value is -2.35. The number of urea groups is 1. The quantitative estimate of drug-likeness (QED) is 0.746. The van der Waals surface area contributed by atoms with Gasteiger partial charge < -0.3 is 9.73 Å². The van der Waals surface area contributed by atoms with Crippen molar-refractivity contribution in [2.24, 2.45) is 0 Å². The second-order valence-corrected chi connectivity index (χ2v) is 6.25. The first kappa shape index (κ1) is 18.0. The molecule has 0 fully saturated rings. The molecular formula is C16H20N4O3S. The van der Waals surface area contributed by atoms with Crippen molar-refractivity contribution in [3.63, 3.8) is 0 Å². The van der Waals surface area contributed by atoms with Crippen LogP contribution in [0.4, 0.5) is 4.79 Å². The lowest BCUT2D eigenvalue weighted by molar-refractivity contribution is -0.119. The highest BCUT2D eigenvalue weighted by Crippen LogP contribution is 2.22. The van der Waals surface area contributed by atoms with E-state index in [0.717, 1.165) is 0 Å². The zero-order valence-electron chi connectivity index (χ0n) is 13.6. The van der Waals surface area contributed by atoms with Crippen LogP contribution in [0.15, 0.2) is 40.0 Å². The summed E-state index contributed by atoms with van der Waals surface area (Å²) >= 11 is 1.29. The molecule has 0 aliphatic carbocycles. The Kier molecular flexibility index (Phi) is 6.80. The minimum absolute atomic E-state index is 0.191. The number of carbonyl (C=O) groups is 2. The molecule has 0 spiro atoms. The topological polar surface area (TPSA) is 97.1 Å². The van der Waals surface area contributed by atoms with Crippen LogP contribution < -0.4 is 10.6 Å². The summed E-state index contributed by atoms with van der Waals surface area (Å²) in [4.78, 5) is 22.4. The van der Waals surface area contributed by atoms with Gasteiger partial charge in [-0.2, -0.15) is 0 Å². The van der Waals surface area contributed by atoms with Gasteiger partial charge in [0.1, 0.15) is 0 Å². The zero-order valence-corrected chi connectivity index (χ0v) is 14.4. The second kappa shape index (κ2) is 9.07. The minimum Gasteiger partial charge on any atom is -0.416 e. The van der Waals surface area contributed by atoms with Crippen LogP contribution in [-0.2, 0) is 11.2 Å². The number of aromatic nitrogens is 2.